The zero-order valence-electron chi connectivity index (χ0n) is 12.1. The first-order valence-corrected chi connectivity index (χ1v) is 6.44. The summed E-state index contributed by atoms with van der Waals surface area (Å²) >= 11 is 0. The molecule has 1 heterocycles. The maximum atomic E-state index is 12.3. The van der Waals surface area contributed by atoms with Crippen molar-refractivity contribution in [1.82, 2.24) is 9.55 Å². The summed E-state index contributed by atoms with van der Waals surface area (Å²) in [7, 11) is 0. The molecule has 1 aromatic heterocycles. The molecular formula is C15H18N2O3. The Bertz CT molecular complexity index is 711. The average Bonchev–Trinajstić information content (AvgIpc) is 2.31. The Morgan fingerprint density at radius 2 is 2.05 bits per heavy atom. The molecule has 0 radical (unpaired) electrons. The Morgan fingerprint density at radius 3 is 2.70 bits per heavy atom. The highest BCUT2D eigenvalue weighted by Crippen LogP contribution is 2.10. The summed E-state index contributed by atoms with van der Waals surface area (Å²) in [6, 6.07) is 5.47. The summed E-state index contributed by atoms with van der Waals surface area (Å²) in [4.78, 5) is 28.3. The van der Waals surface area contributed by atoms with Crippen molar-refractivity contribution in [3.63, 3.8) is 0 Å². The van der Waals surface area contributed by atoms with E-state index in [2.05, 4.69) is 4.98 Å². The van der Waals surface area contributed by atoms with Gasteiger partial charge in [-0.25, -0.2) is 4.98 Å². The van der Waals surface area contributed by atoms with Gasteiger partial charge in [-0.3, -0.25) is 14.2 Å². The van der Waals surface area contributed by atoms with Crippen molar-refractivity contribution in [1.29, 1.82) is 0 Å². The van der Waals surface area contributed by atoms with Gasteiger partial charge in [-0.1, -0.05) is 11.6 Å². The third-order valence-corrected chi connectivity index (χ3v) is 2.70. The summed E-state index contributed by atoms with van der Waals surface area (Å²) in [5.74, 6) is -0.451. The first-order chi connectivity index (χ1) is 9.26. The van der Waals surface area contributed by atoms with Crippen LogP contribution in [0.25, 0.3) is 10.9 Å². The number of rotatable bonds is 2. The second-order valence-electron chi connectivity index (χ2n) is 5.78. The summed E-state index contributed by atoms with van der Waals surface area (Å²) in [5.41, 5.74) is 0.804. The fourth-order valence-corrected chi connectivity index (χ4v) is 1.90. The fourth-order valence-electron chi connectivity index (χ4n) is 1.90. The van der Waals surface area contributed by atoms with E-state index >= 15 is 0 Å². The van der Waals surface area contributed by atoms with Gasteiger partial charge in [0, 0.05) is 0 Å². The lowest BCUT2D eigenvalue weighted by Crippen LogP contribution is -2.30. The standard InChI is InChI=1S/C15H18N2O3/c1-10-5-6-12-11(7-10)14(19)17(9-16-12)8-13(18)20-15(2,3)4/h5-7,9H,8H2,1-4H3. The summed E-state index contributed by atoms with van der Waals surface area (Å²) in [5, 5.41) is 0.510. The van der Waals surface area contributed by atoms with E-state index in [0.29, 0.717) is 10.9 Å². The van der Waals surface area contributed by atoms with E-state index in [-0.39, 0.29) is 12.1 Å². The first kappa shape index (κ1) is 14.2. The van der Waals surface area contributed by atoms with Gasteiger partial charge < -0.3 is 4.74 Å². The van der Waals surface area contributed by atoms with E-state index in [1.165, 1.54) is 10.9 Å². The molecule has 0 N–H and O–H groups in total. The van der Waals surface area contributed by atoms with E-state index in [0.717, 1.165) is 5.56 Å². The maximum Gasteiger partial charge on any atom is 0.326 e. The molecule has 20 heavy (non-hydrogen) atoms. The molecule has 0 amide bonds. The van der Waals surface area contributed by atoms with Crippen molar-refractivity contribution < 1.29 is 9.53 Å². The van der Waals surface area contributed by atoms with Crippen molar-refractivity contribution in [2.24, 2.45) is 0 Å². The molecule has 0 bridgehead atoms. The molecule has 0 atom stereocenters. The topological polar surface area (TPSA) is 61.2 Å². The molecule has 2 rings (SSSR count). The van der Waals surface area contributed by atoms with Crippen molar-refractivity contribution in [2.45, 2.75) is 39.8 Å². The lowest BCUT2D eigenvalue weighted by molar-refractivity contribution is -0.155. The molecule has 0 saturated heterocycles. The number of benzene rings is 1. The molecule has 1 aromatic carbocycles. The van der Waals surface area contributed by atoms with Gasteiger partial charge in [0.15, 0.2) is 0 Å². The largest absolute Gasteiger partial charge is 0.459 e. The van der Waals surface area contributed by atoms with Crippen LogP contribution in [0.1, 0.15) is 26.3 Å². The number of aromatic nitrogens is 2. The highest BCUT2D eigenvalue weighted by atomic mass is 16.6. The van der Waals surface area contributed by atoms with Crippen LogP contribution in [0.2, 0.25) is 0 Å². The van der Waals surface area contributed by atoms with E-state index in [4.69, 9.17) is 4.74 Å². The highest BCUT2D eigenvalue weighted by Gasteiger charge is 2.17. The van der Waals surface area contributed by atoms with Crippen LogP contribution < -0.4 is 5.56 Å². The lowest BCUT2D eigenvalue weighted by atomic mass is 10.2. The van der Waals surface area contributed by atoms with Crippen LogP contribution >= 0.6 is 0 Å². The minimum Gasteiger partial charge on any atom is -0.459 e. The fraction of sp³-hybridized carbons (Fsp3) is 0.400. The Hall–Kier alpha value is -2.17. The van der Waals surface area contributed by atoms with Gasteiger partial charge >= 0.3 is 5.97 Å². The number of hydrogen-bond donors (Lipinski definition) is 0. The van der Waals surface area contributed by atoms with E-state index in [1.807, 2.05) is 13.0 Å². The number of fused-ring (bicyclic) bond motifs is 1. The van der Waals surface area contributed by atoms with Crippen LogP contribution in [-0.4, -0.2) is 21.1 Å². The molecule has 5 nitrogen and oxygen atoms in total. The second kappa shape index (κ2) is 5.07. The summed E-state index contributed by atoms with van der Waals surface area (Å²) < 4.78 is 6.48. The highest BCUT2D eigenvalue weighted by molar-refractivity contribution is 5.78. The molecule has 0 unspecified atom stereocenters. The molecule has 0 aliphatic rings. The second-order valence-corrected chi connectivity index (χ2v) is 5.78. The van der Waals surface area contributed by atoms with E-state index in [1.54, 1.807) is 32.9 Å². The van der Waals surface area contributed by atoms with Crippen molar-refractivity contribution in [3.8, 4) is 0 Å². The lowest BCUT2D eigenvalue weighted by Gasteiger charge is -2.19. The van der Waals surface area contributed by atoms with Crippen molar-refractivity contribution in [3.05, 3.63) is 40.4 Å². The predicted octanol–water partition coefficient (Wildman–Crippen LogP) is 2.05. The SMILES string of the molecule is Cc1ccc2ncn(CC(=O)OC(C)(C)C)c(=O)c2c1. The number of aryl methyl sites for hydroxylation is 1. The van der Waals surface area contributed by atoms with Crippen LogP contribution in [-0.2, 0) is 16.1 Å². The van der Waals surface area contributed by atoms with Crippen LogP contribution in [0.15, 0.2) is 29.3 Å². The number of ether oxygens (including phenoxy) is 1. The smallest absolute Gasteiger partial charge is 0.326 e. The Morgan fingerprint density at radius 1 is 1.35 bits per heavy atom. The first-order valence-electron chi connectivity index (χ1n) is 6.44. The number of esters is 1. The maximum absolute atomic E-state index is 12.3. The van der Waals surface area contributed by atoms with Gasteiger partial charge in [0.1, 0.15) is 12.1 Å². The van der Waals surface area contributed by atoms with Gasteiger partial charge in [0.05, 0.1) is 17.2 Å². The van der Waals surface area contributed by atoms with Crippen LogP contribution in [0, 0.1) is 6.92 Å². The third-order valence-electron chi connectivity index (χ3n) is 2.70. The Labute approximate surface area is 117 Å². The van der Waals surface area contributed by atoms with Crippen LogP contribution in [0.3, 0.4) is 0 Å². The molecular weight excluding hydrogens is 256 g/mol. The van der Waals surface area contributed by atoms with Crippen molar-refractivity contribution >= 4 is 16.9 Å². The number of carbonyl (C=O) groups is 1. The van der Waals surface area contributed by atoms with Crippen molar-refractivity contribution in [2.75, 3.05) is 0 Å². The number of nitrogens with zero attached hydrogens (tertiary/aromatic N) is 2. The molecule has 5 heteroatoms. The zero-order chi connectivity index (χ0) is 14.9. The summed E-state index contributed by atoms with van der Waals surface area (Å²) in [6.07, 6.45) is 1.38. The van der Waals surface area contributed by atoms with Gasteiger partial charge in [-0.2, -0.15) is 0 Å². The number of hydrogen-bond acceptors (Lipinski definition) is 4. The molecule has 0 spiro atoms. The molecule has 0 aliphatic heterocycles. The van der Waals surface area contributed by atoms with Gasteiger partial charge in [0.2, 0.25) is 0 Å². The minimum atomic E-state index is -0.568. The molecule has 0 saturated carbocycles. The van der Waals surface area contributed by atoms with E-state index in [9.17, 15) is 9.59 Å². The van der Waals surface area contributed by atoms with Crippen LogP contribution in [0.5, 0.6) is 0 Å². The quantitative estimate of drug-likeness (QED) is 0.786. The Balaban J connectivity index is 2.34. The Kier molecular flexibility index (Phi) is 3.61. The van der Waals surface area contributed by atoms with Crippen LogP contribution in [0.4, 0.5) is 0 Å². The molecule has 0 aliphatic carbocycles. The van der Waals surface area contributed by atoms with Gasteiger partial charge in [-0.05, 0) is 39.8 Å². The predicted molar refractivity (Wildman–Crippen MR) is 76.6 cm³/mol. The third kappa shape index (κ3) is 3.23. The summed E-state index contributed by atoms with van der Waals surface area (Å²) in [6.45, 7) is 7.14. The average molecular weight is 274 g/mol. The molecule has 2 aromatic rings. The monoisotopic (exact) mass is 274 g/mol. The van der Waals surface area contributed by atoms with Gasteiger partial charge in [0.25, 0.3) is 5.56 Å². The van der Waals surface area contributed by atoms with Gasteiger partial charge in [-0.15, -0.1) is 0 Å². The number of carbonyl (C=O) groups excluding carboxylic acids is 1. The molecule has 106 valence electrons. The zero-order valence-corrected chi connectivity index (χ0v) is 12.1. The molecule has 0 fully saturated rings. The van der Waals surface area contributed by atoms with E-state index < -0.39 is 11.6 Å². The minimum absolute atomic E-state index is 0.132. The normalized spacial score (nSPS) is 11.6.